The molecule has 0 aliphatic rings. The molecule has 15 nitrogen and oxygen atoms in total. The number of nitrogens with one attached hydrogen (secondary N) is 2. The van der Waals surface area contributed by atoms with E-state index in [0.717, 1.165) is 21.7 Å². The van der Waals surface area contributed by atoms with E-state index < -0.39 is 26.0 Å². The molecule has 3 heterocycles. The van der Waals surface area contributed by atoms with Crippen molar-refractivity contribution in [3.63, 3.8) is 0 Å². The van der Waals surface area contributed by atoms with Gasteiger partial charge in [-0.1, -0.05) is 98.8 Å². The summed E-state index contributed by atoms with van der Waals surface area (Å²) in [5.74, 6) is -0.622. The Labute approximate surface area is 340 Å². The molecule has 6 rings (SSSR count). The summed E-state index contributed by atoms with van der Waals surface area (Å²) in [5.41, 5.74) is -0.441. The lowest BCUT2D eigenvalue weighted by Crippen LogP contribution is -2.67. The van der Waals surface area contributed by atoms with E-state index in [1.165, 1.54) is 45.2 Å². The Balaban J connectivity index is 1.38. The average Bonchev–Trinajstić information content (AvgIpc) is 3.87. The maximum absolute atomic E-state index is 14.1. The minimum Gasteiger partial charge on any atom is -0.496 e. The maximum atomic E-state index is 14.1. The lowest BCUT2D eigenvalue weighted by molar-refractivity contribution is -0.114. The van der Waals surface area contributed by atoms with Crippen molar-refractivity contribution in [3.05, 3.63) is 113 Å². The molecule has 3 aromatic carbocycles. The molecule has 1 unspecified atom stereocenters. The van der Waals surface area contributed by atoms with Crippen LogP contribution in [0.5, 0.6) is 17.2 Å². The number of hydrogen-bond acceptors (Lipinski definition) is 13. The highest BCUT2D eigenvalue weighted by atomic mass is 32.1. The number of carbonyl (C=O) groups is 2. The molecule has 6 aromatic rings. The van der Waals surface area contributed by atoms with Gasteiger partial charge in [-0.05, 0) is 33.6 Å². The Kier molecular flexibility index (Phi) is 12.9. The standard InChI is InChI=1S/C41H44N6O9SSi/c1-26(48)43-34-21-22-42-47(34)40-46-45-39(57-40)44-37(49)33-23-30(35-31(52-6)19-14-20-32(35)53-7)36(38(50)56-33)55-27(24-51-5)25-54-58(41(2,3)4,28-15-10-8-11-16-28)29-17-12-9-13-18-29/h8-23,27H,24-25H2,1-7H3,(H,43,48)(H,44,45,49). The zero-order valence-corrected chi connectivity index (χ0v) is 34.9. The zero-order valence-electron chi connectivity index (χ0n) is 33.1. The van der Waals surface area contributed by atoms with Crippen LogP contribution in [0.4, 0.5) is 10.9 Å². The number of carbonyl (C=O) groups excluding carboxylic acids is 2. The van der Waals surface area contributed by atoms with Crippen LogP contribution in [0.15, 0.2) is 106 Å². The van der Waals surface area contributed by atoms with Crippen LogP contribution in [0.1, 0.15) is 38.2 Å². The van der Waals surface area contributed by atoms with Gasteiger partial charge in [0.1, 0.15) is 23.4 Å². The molecule has 0 bridgehead atoms. The van der Waals surface area contributed by atoms with E-state index in [9.17, 15) is 14.4 Å². The third kappa shape index (κ3) is 8.72. The highest BCUT2D eigenvalue weighted by Gasteiger charge is 2.50. The first-order valence-electron chi connectivity index (χ1n) is 18.2. The molecule has 0 aliphatic heterocycles. The molecule has 0 spiro atoms. The van der Waals surface area contributed by atoms with E-state index in [2.05, 4.69) is 71.0 Å². The Hall–Kier alpha value is -6.14. The zero-order chi connectivity index (χ0) is 41.5. The molecule has 0 saturated carbocycles. The highest BCUT2D eigenvalue weighted by Crippen LogP contribution is 2.43. The summed E-state index contributed by atoms with van der Waals surface area (Å²) in [7, 11) is 1.46. The van der Waals surface area contributed by atoms with E-state index in [1.54, 1.807) is 24.3 Å². The van der Waals surface area contributed by atoms with Gasteiger partial charge in [0.05, 0.1) is 39.2 Å². The van der Waals surface area contributed by atoms with Gasteiger partial charge in [-0.3, -0.25) is 14.9 Å². The first-order chi connectivity index (χ1) is 27.9. The number of amides is 2. The van der Waals surface area contributed by atoms with Crippen molar-refractivity contribution in [2.75, 3.05) is 45.2 Å². The van der Waals surface area contributed by atoms with Crippen molar-refractivity contribution in [1.82, 2.24) is 20.0 Å². The molecular weight excluding hydrogens is 781 g/mol. The van der Waals surface area contributed by atoms with Crippen LogP contribution in [0.25, 0.3) is 16.3 Å². The summed E-state index contributed by atoms with van der Waals surface area (Å²) in [6.07, 6.45) is 0.661. The number of nitrogens with zero attached hydrogens (tertiary/aromatic N) is 4. The fourth-order valence-electron chi connectivity index (χ4n) is 6.70. The minimum absolute atomic E-state index is 0.0323. The summed E-state index contributed by atoms with van der Waals surface area (Å²) in [6.45, 7) is 7.94. The van der Waals surface area contributed by atoms with Gasteiger partial charge in [-0.15, -0.1) is 10.2 Å². The predicted molar refractivity (Wildman–Crippen MR) is 223 cm³/mol. The second-order valence-electron chi connectivity index (χ2n) is 14.0. The van der Waals surface area contributed by atoms with Crippen LogP contribution in [0.3, 0.4) is 0 Å². The lowest BCUT2D eigenvalue weighted by atomic mass is 10.0. The van der Waals surface area contributed by atoms with Gasteiger partial charge in [0.2, 0.25) is 21.9 Å². The lowest BCUT2D eigenvalue weighted by Gasteiger charge is -2.43. The Morgan fingerprint density at radius 2 is 1.50 bits per heavy atom. The fraction of sp³-hybridized carbons (Fsp3) is 0.268. The van der Waals surface area contributed by atoms with Crippen LogP contribution < -0.4 is 40.8 Å². The van der Waals surface area contributed by atoms with Gasteiger partial charge >= 0.3 is 5.63 Å². The van der Waals surface area contributed by atoms with Gasteiger partial charge in [0.25, 0.3) is 14.2 Å². The van der Waals surface area contributed by atoms with E-state index >= 15 is 0 Å². The van der Waals surface area contributed by atoms with Crippen molar-refractivity contribution in [2.45, 2.75) is 38.8 Å². The van der Waals surface area contributed by atoms with E-state index in [4.69, 9.17) is 27.8 Å². The maximum Gasteiger partial charge on any atom is 0.379 e. The quantitative estimate of drug-likeness (QED) is 0.117. The molecule has 58 heavy (non-hydrogen) atoms. The third-order valence-corrected chi connectivity index (χ3v) is 15.0. The number of rotatable bonds is 16. The first-order valence-corrected chi connectivity index (χ1v) is 20.9. The highest BCUT2D eigenvalue weighted by molar-refractivity contribution is 7.17. The topological polar surface area (TPSA) is 178 Å². The number of methoxy groups -OCH3 is 3. The molecule has 2 amide bonds. The van der Waals surface area contributed by atoms with Gasteiger partial charge in [0, 0.05) is 25.7 Å². The normalized spacial score (nSPS) is 12.1. The van der Waals surface area contributed by atoms with Crippen molar-refractivity contribution in [3.8, 4) is 33.5 Å². The average molecular weight is 825 g/mol. The summed E-state index contributed by atoms with van der Waals surface area (Å²) in [4.78, 5) is 39.5. The molecule has 0 radical (unpaired) electrons. The summed E-state index contributed by atoms with van der Waals surface area (Å²) >= 11 is 0.980. The van der Waals surface area contributed by atoms with Gasteiger partial charge in [0.15, 0.2) is 5.76 Å². The van der Waals surface area contributed by atoms with Gasteiger partial charge in [-0.25, -0.2) is 4.79 Å². The smallest absolute Gasteiger partial charge is 0.379 e. The van der Waals surface area contributed by atoms with Crippen LogP contribution in [-0.2, 0) is 14.0 Å². The number of anilines is 2. The summed E-state index contributed by atoms with van der Waals surface area (Å²) in [5, 5.41) is 19.7. The first kappa shape index (κ1) is 41.5. The van der Waals surface area contributed by atoms with Gasteiger partial charge < -0.3 is 33.1 Å². The number of aromatic nitrogens is 4. The molecule has 0 aliphatic carbocycles. The number of ether oxygens (including phenoxy) is 4. The largest absolute Gasteiger partial charge is 0.496 e. The Morgan fingerprint density at radius 1 is 0.862 bits per heavy atom. The van der Waals surface area contributed by atoms with Crippen LogP contribution in [0, 0.1) is 0 Å². The number of benzene rings is 3. The molecule has 302 valence electrons. The molecule has 2 N–H and O–H groups in total. The molecule has 1 atom stereocenters. The van der Waals surface area contributed by atoms with Gasteiger partial charge in [-0.2, -0.15) is 9.78 Å². The second kappa shape index (κ2) is 18.0. The molecule has 17 heteroatoms. The van der Waals surface area contributed by atoms with E-state index in [-0.39, 0.29) is 51.5 Å². The number of hydrogen-bond donors (Lipinski definition) is 2. The molecule has 0 saturated heterocycles. The van der Waals surface area contributed by atoms with Crippen LogP contribution >= 0.6 is 11.3 Å². The van der Waals surface area contributed by atoms with E-state index in [0.29, 0.717) is 22.9 Å². The minimum atomic E-state index is -3.03. The van der Waals surface area contributed by atoms with Crippen LogP contribution in [-0.4, -0.2) is 80.8 Å². The Bertz CT molecular complexity index is 2350. The van der Waals surface area contributed by atoms with E-state index in [1.807, 2.05) is 36.4 Å². The van der Waals surface area contributed by atoms with Crippen molar-refractivity contribution < 1.29 is 37.4 Å². The molecule has 3 aromatic heterocycles. The SMILES string of the molecule is COCC(CO[Si](c1ccccc1)(c1ccccc1)C(C)(C)C)Oc1c(-c2c(OC)cccc2OC)cc(C(=O)Nc2nnc(-n3nccc3NC(C)=O)s2)oc1=O. The predicted octanol–water partition coefficient (Wildman–Crippen LogP) is 5.54. The van der Waals surface area contributed by atoms with Crippen LogP contribution in [0.2, 0.25) is 5.04 Å². The summed E-state index contributed by atoms with van der Waals surface area (Å²) in [6, 6.07) is 28.4. The second-order valence-corrected chi connectivity index (χ2v) is 19.3. The monoisotopic (exact) mass is 824 g/mol. The molecular formula is C41H44N6O9SSi. The van der Waals surface area contributed by atoms with Crippen molar-refractivity contribution in [1.29, 1.82) is 0 Å². The molecule has 0 fully saturated rings. The summed E-state index contributed by atoms with van der Waals surface area (Å²) < 4.78 is 37.8. The fourth-order valence-corrected chi connectivity index (χ4v) is 12.0. The van der Waals surface area contributed by atoms with Crippen molar-refractivity contribution >= 4 is 52.8 Å². The third-order valence-electron chi connectivity index (χ3n) is 9.13. The Morgan fingerprint density at radius 3 is 2.07 bits per heavy atom. The van der Waals surface area contributed by atoms with Crippen molar-refractivity contribution in [2.24, 2.45) is 0 Å².